The van der Waals surface area contributed by atoms with Crippen LogP contribution in [0.15, 0.2) is 21.8 Å². The van der Waals surface area contributed by atoms with Crippen molar-refractivity contribution in [2.75, 3.05) is 46.9 Å². The summed E-state index contributed by atoms with van der Waals surface area (Å²) in [6.07, 6.45) is 2.15. The number of piperidine rings is 1. The number of guanidine groups is 1. The molecule has 1 aromatic heterocycles. The summed E-state index contributed by atoms with van der Waals surface area (Å²) < 4.78 is 4.91. The first-order valence-corrected chi connectivity index (χ1v) is 9.61. The van der Waals surface area contributed by atoms with Gasteiger partial charge >= 0.3 is 0 Å². The number of rotatable bonds is 8. The maximum atomic E-state index is 11.7. The lowest BCUT2D eigenvalue weighted by Crippen LogP contribution is -2.50. The molecule has 0 atom stereocenters. The van der Waals surface area contributed by atoms with E-state index in [-0.39, 0.29) is 36.4 Å². The molecule has 0 aliphatic carbocycles. The summed E-state index contributed by atoms with van der Waals surface area (Å²) in [5, 5.41) is 13.6. The minimum atomic E-state index is -0.0643. The maximum absolute atomic E-state index is 11.7. The Labute approximate surface area is 177 Å². The van der Waals surface area contributed by atoms with Crippen LogP contribution in [0.25, 0.3) is 0 Å². The third-order valence-corrected chi connectivity index (χ3v) is 4.92. The molecule has 0 unspecified atom stereocenters. The van der Waals surface area contributed by atoms with E-state index < -0.39 is 0 Å². The molecule has 0 spiro atoms. The van der Waals surface area contributed by atoms with Crippen molar-refractivity contribution in [3.8, 4) is 0 Å². The van der Waals surface area contributed by atoms with Gasteiger partial charge in [0, 0.05) is 46.4 Å². The number of thiophene rings is 1. The number of ether oxygens (including phenoxy) is 1. The van der Waals surface area contributed by atoms with Crippen molar-refractivity contribution < 1.29 is 9.53 Å². The van der Waals surface area contributed by atoms with Crippen molar-refractivity contribution in [1.82, 2.24) is 20.9 Å². The monoisotopic (exact) mass is 495 g/mol. The lowest BCUT2D eigenvalue weighted by molar-refractivity contribution is -0.120. The van der Waals surface area contributed by atoms with Crippen LogP contribution in [-0.4, -0.2) is 69.8 Å². The van der Waals surface area contributed by atoms with Crippen LogP contribution in [-0.2, 0) is 16.1 Å². The van der Waals surface area contributed by atoms with Gasteiger partial charge in [0.1, 0.15) is 0 Å². The van der Waals surface area contributed by atoms with Crippen molar-refractivity contribution in [2.45, 2.75) is 25.4 Å². The van der Waals surface area contributed by atoms with E-state index in [0.29, 0.717) is 25.2 Å². The van der Waals surface area contributed by atoms with Gasteiger partial charge in [0.15, 0.2) is 5.96 Å². The summed E-state index contributed by atoms with van der Waals surface area (Å²) in [6.45, 7) is 4.42. The highest BCUT2D eigenvalue weighted by molar-refractivity contribution is 14.0. The van der Waals surface area contributed by atoms with E-state index >= 15 is 0 Å². The van der Waals surface area contributed by atoms with Gasteiger partial charge in [-0.1, -0.05) is 0 Å². The lowest BCUT2D eigenvalue weighted by atomic mass is 10.0. The van der Waals surface area contributed by atoms with Gasteiger partial charge < -0.3 is 20.7 Å². The average Bonchev–Trinajstić information content (AvgIpc) is 3.13. The maximum Gasteiger partial charge on any atom is 0.239 e. The van der Waals surface area contributed by atoms with E-state index in [1.165, 1.54) is 5.56 Å². The Morgan fingerprint density at radius 2 is 2.15 bits per heavy atom. The Kier molecular flexibility index (Phi) is 11.8. The lowest BCUT2D eigenvalue weighted by Gasteiger charge is -2.32. The second-order valence-electron chi connectivity index (χ2n) is 6.09. The zero-order chi connectivity index (χ0) is 17.9. The van der Waals surface area contributed by atoms with Gasteiger partial charge in [0.25, 0.3) is 0 Å². The average molecular weight is 495 g/mol. The molecule has 0 aromatic carbocycles. The number of likely N-dealkylation sites (tertiary alicyclic amines) is 1. The first-order valence-electron chi connectivity index (χ1n) is 8.67. The zero-order valence-corrected chi connectivity index (χ0v) is 18.6. The number of hydrogen-bond donors (Lipinski definition) is 3. The Hall–Kier alpha value is -0.910. The smallest absolute Gasteiger partial charge is 0.239 e. The van der Waals surface area contributed by atoms with Crippen molar-refractivity contribution in [1.29, 1.82) is 0 Å². The quantitative estimate of drug-likeness (QED) is 0.219. The molecule has 1 aliphatic rings. The number of hydrogen-bond acceptors (Lipinski definition) is 5. The number of nitrogens with one attached hydrogen (secondary N) is 3. The van der Waals surface area contributed by atoms with E-state index in [9.17, 15) is 4.79 Å². The molecule has 26 heavy (non-hydrogen) atoms. The first-order chi connectivity index (χ1) is 12.2. The summed E-state index contributed by atoms with van der Waals surface area (Å²) in [5.41, 5.74) is 1.40. The highest BCUT2D eigenvalue weighted by atomic mass is 127. The van der Waals surface area contributed by atoms with Crippen LogP contribution in [0.3, 0.4) is 0 Å². The summed E-state index contributed by atoms with van der Waals surface area (Å²) in [6, 6.07) is 2.58. The Morgan fingerprint density at radius 1 is 1.38 bits per heavy atom. The van der Waals surface area contributed by atoms with Crippen LogP contribution in [0, 0.1) is 0 Å². The van der Waals surface area contributed by atoms with Gasteiger partial charge in [-0.25, -0.2) is 0 Å². The molecule has 1 aromatic rings. The van der Waals surface area contributed by atoms with E-state index in [1.807, 2.05) is 0 Å². The molecule has 1 amide bonds. The summed E-state index contributed by atoms with van der Waals surface area (Å²) in [4.78, 5) is 18.4. The van der Waals surface area contributed by atoms with E-state index in [4.69, 9.17) is 4.74 Å². The SMILES string of the molecule is CN=C(NCC(=O)NCCOC)NC1CCN(Cc2ccsc2)CC1.I. The molecule has 1 aliphatic heterocycles. The third-order valence-electron chi connectivity index (χ3n) is 4.18. The molecule has 148 valence electrons. The van der Waals surface area contributed by atoms with Crippen LogP contribution in [0.1, 0.15) is 18.4 Å². The number of halogens is 1. The summed E-state index contributed by atoms with van der Waals surface area (Å²) >= 11 is 1.75. The number of methoxy groups -OCH3 is 1. The molecule has 1 fully saturated rings. The number of nitrogens with zero attached hydrogens (tertiary/aromatic N) is 2. The summed E-state index contributed by atoms with van der Waals surface area (Å²) in [5.74, 6) is 0.615. The molecule has 0 radical (unpaired) electrons. The highest BCUT2D eigenvalue weighted by Gasteiger charge is 2.20. The normalized spacial score (nSPS) is 16.0. The van der Waals surface area contributed by atoms with Gasteiger partial charge in [0.2, 0.25) is 5.91 Å². The van der Waals surface area contributed by atoms with Crippen molar-refractivity contribution >= 4 is 47.2 Å². The van der Waals surface area contributed by atoms with Crippen molar-refractivity contribution in [2.24, 2.45) is 4.99 Å². The van der Waals surface area contributed by atoms with Crippen LogP contribution < -0.4 is 16.0 Å². The Bertz CT molecular complexity index is 533. The van der Waals surface area contributed by atoms with E-state index in [2.05, 4.69) is 42.7 Å². The molecule has 0 saturated carbocycles. The van der Waals surface area contributed by atoms with Crippen LogP contribution in [0.5, 0.6) is 0 Å². The number of aliphatic imine (C=N–C) groups is 1. The molecule has 1 saturated heterocycles. The fraction of sp³-hybridized carbons (Fsp3) is 0.647. The molecule has 9 heteroatoms. The highest BCUT2D eigenvalue weighted by Crippen LogP contribution is 2.15. The largest absolute Gasteiger partial charge is 0.383 e. The van der Waals surface area contributed by atoms with Gasteiger partial charge in [-0.2, -0.15) is 11.3 Å². The Balaban J connectivity index is 0.00000338. The zero-order valence-electron chi connectivity index (χ0n) is 15.5. The van der Waals surface area contributed by atoms with Gasteiger partial charge in [0.05, 0.1) is 13.2 Å². The molecular formula is C17H30IN5O2S. The van der Waals surface area contributed by atoms with E-state index in [0.717, 1.165) is 32.5 Å². The number of carbonyl (C=O) groups excluding carboxylic acids is 1. The molecule has 0 bridgehead atoms. The molecular weight excluding hydrogens is 465 g/mol. The van der Waals surface area contributed by atoms with Crippen LogP contribution in [0.2, 0.25) is 0 Å². The molecule has 7 nitrogen and oxygen atoms in total. The van der Waals surface area contributed by atoms with Gasteiger partial charge in [-0.05, 0) is 35.2 Å². The fourth-order valence-electron chi connectivity index (χ4n) is 2.78. The topological polar surface area (TPSA) is 78.0 Å². The molecule has 3 N–H and O–H groups in total. The summed E-state index contributed by atoms with van der Waals surface area (Å²) in [7, 11) is 3.34. The first kappa shape index (κ1) is 23.1. The predicted octanol–water partition coefficient (Wildman–Crippen LogP) is 1.26. The minimum absolute atomic E-state index is 0. The standard InChI is InChI=1S/C17H29N5O2S.HI/c1-18-17(20-11-16(23)19-6-9-24-2)21-15-3-7-22(8-4-15)12-14-5-10-25-13-14;/h5,10,13,15H,3-4,6-9,11-12H2,1-2H3,(H,19,23)(H2,18,20,21);1H. The third kappa shape index (κ3) is 8.65. The second-order valence-corrected chi connectivity index (χ2v) is 6.87. The van der Waals surface area contributed by atoms with Crippen LogP contribution >= 0.6 is 35.3 Å². The molecule has 2 heterocycles. The second kappa shape index (κ2) is 13.3. The van der Waals surface area contributed by atoms with Crippen molar-refractivity contribution in [3.63, 3.8) is 0 Å². The van der Waals surface area contributed by atoms with Crippen molar-refractivity contribution in [3.05, 3.63) is 22.4 Å². The minimum Gasteiger partial charge on any atom is -0.383 e. The van der Waals surface area contributed by atoms with Gasteiger partial charge in [-0.15, -0.1) is 24.0 Å². The van der Waals surface area contributed by atoms with Crippen LogP contribution in [0.4, 0.5) is 0 Å². The fourth-order valence-corrected chi connectivity index (χ4v) is 3.44. The van der Waals surface area contributed by atoms with E-state index in [1.54, 1.807) is 25.5 Å². The predicted molar refractivity (Wildman–Crippen MR) is 117 cm³/mol. The van der Waals surface area contributed by atoms with Gasteiger partial charge in [-0.3, -0.25) is 14.7 Å². The Morgan fingerprint density at radius 3 is 2.77 bits per heavy atom. The molecule has 2 rings (SSSR count). The number of carbonyl (C=O) groups is 1. The number of amides is 1.